The van der Waals surface area contributed by atoms with Crippen LogP contribution < -0.4 is 15.8 Å². The van der Waals surface area contributed by atoms with Crippen molar-refractivity contribution in [2.45, 2.75) is 58.3 Å². The van der Waals surface area contributed by atoms with Crippen LogP contribution >= 0.6 is 0 Å². The molecule has 0 aliphatic rings. The molecule has 0 saturated heterocycles. The van der Waals surface area contributed by atoms with Crippen LogP contribution in [0.25, 0.3) is 0 Å². The molecule has 1 aromatic carbocycles. The number of carbonyl (C=O) groups is 1. The van der Waals surface area contributed by atoms with E-state index >= 15 is 0 Å². The summed E-state index contributed by atoms with van der Waals surface area (Å²) in [6.07, 6.45) is -1.89. The summed E-state index contributed by atoms with van der Waals surface area (Å²) in [6, 6.07) is 4.98. The molecule has 0 amide bonds. The van der Waals surface area contributed by atoms with E-state index in [1.165, 1.54) is 7.11 Å². The highest BCUT2D eigenvalue weighted by molar-refractivity contribution is 5.69. The summed E-state index contributed by atoms with van der Waals surface area (Å²) >= 11 is 0. The molecule has 200 valence electrons. The molecule has 0 spiro atoms. The van der Waals surface area contributed by atoms with Gasteiger partial charge in [0.25, 0.3) is 0 Å². The molecule has 2 rings (SSSR count). The third-order valence-corrected chi connectivity index (χ3v) is 5.57. The lowest BCUT2D eigenvalue weighted by Gasteiger charge is -2.23. The van der Waals surface area contributed by atoms with Gasteiger partial charge in [0.2, 0.25) is 5.95 Å². The lowest BCUT2D eigenvalue weighted by Crippen LogP contribution is -2.37. The van der Waals surface area contributed by atoms with Gasteiger partial charge in [0.05, 0.1) is 20.2 Å². The van der Waals surface area contributed by atoms with E-state index in [4.69, 9.17) is 15.6 Å². The molecule has 0 unspecified atom stereocenters. The number of carboxylic acid groups (broad SMARTS) is 1. The molecule has 0 bridgehead atoms. The zero-order valence-corrected chi connectivity index (χ0v) is 20.7. The first kappa shape index (κ1) is 29.1. The number of aliphatic hydroxyl groups excluding tert-OH is 1. The fourth-order valence-electron chi connectivity index (χ4n) is 4.03. The number of ether oxygens (including phenoxy) is 1. The number of alkyl halides is 3. The maximum atomic E-state index is 12.9. The van der Waals surface area contributed by atoms with Crippen molar-refractivity contribution < 1.29 is 32.9 Å². The average Bonchev–Trinajstić information content (AvgIpc) is 2.75. The van der Waals surface area contributed by atoms with Crippen LogP contribution in [0, 0.1) is 6.92 Å². The number of aliphatic hydroxyl groups is 1. The standard InChI is InChI=1S/C24H34F3N5O4/c1-4-5-18(8-9-33)30-22-19(15(2)29-23(28)31-22)11-17-7-6-16(10-20(17)36-3)12-32(13-21(34)35)14-24(25,26)27/h6-7,10,18,33H,4-5,8-9,11-14H2,1-3H3,(H,34,35)(H3,28,29,30,31)/t18-/m0/s1. The van der Waals surface area contributed by atoms with Gasteiger partial charge in [-0.1, -0.05) is 25.5 Å². The predicted molar refractivity (Wildman–Crippen MR) is 130 cm³/mol. The SMILES string of the molecule is CCC[C@@H](CCO)Nc1nc(N)nc(C)c1Cc1ccc(CN(CC(=O)O)CC(F)(F)F)cc1OC. The molecule has 0 saturated carbocycles. The van der Waals surface area contributed by atoms with Gasteiger partial charge < -0.3 is 26.0 Å². The Bertz CT molecular complexity index is 1010. The molecular formula is C24H34F3N5O4. The number of aromatic nitrogens is 2. The van der Waals surface area contributed by atoms with Crippen LogP contribution in [0.5, 0.6) is 5.75 Å². The highest BCUT2D eigenvalue weighted by atomic mass is 19.4. The summed E-state index contributed by atoms with van der Waals surface area (Å²) in [5, 5.41) is 21.8. The second kappa shape index (κ2) is 13.3. The number of benzene rings is 1. The Hall–Kier alpha value is -3.12. The van der Waals surface area contributed by atoms with Gasteiger partial charge in [-0.25, -0.2) is 4.98 Å². The number of aliphatic carboxylic acids is 1. The molecule has 9 nitrogen and oxygen atoms in total. The summed E-state index contributed by atoms with van der Waals surface area (Å²) in [5.74, 6) is -0.235. The number of nitrogen functional groups attached to an aromatic ring is 1. The maximum absolute atomic E-state index is 12.9. The smallest absolute Gasteiger partial charge is 0.401 e. The predicted octanol–water partition coefficient (Wildman–Crippen LogP) is 3.38. The number of anilines is 2. The van der Waals surface area contributed by atoms with Crippen LogP contribution in [-0.2, 0) is 17.8 Å². The van der Waals surface area contributed by atoms with E-state index in [1.807, 2.05) is 6.92 Å². The van der Waals surface area contributed by atoms with E-state index in [9.17, 15) is 23.1 Å². The number of halogens is 3. The van der Waals surface area contributed by atoms with Crippen LogP contribution in [0.4, 0.5) is 24.9 Å². The van der Waals surface area contributed by atoms with Crippen LogP contribution in [0.2, 0.25) is 0 Å². The Morgan fingerprint density at radius 1 is 1.28 bits per heavy atom. The number of methoxy groups -OCH3 is 1. The summed E-state index contributed by atoms with van der Waals surface area (Å²) in [4.78, 5) is 20.5. The second-order valence-corrected chi connectivity index (χ2v) is 8.61. The molecule has 5 N–H and O–H groups in total. The van der Waals surface area contributed by atoms with E-state index in [0.29, 0.717) is 35.7 Å². The summed E-state index contributed by atoms with van der Waals surface area (Å²) in [7, 11) is 1.46. The first-order valence-electron chi connectivity index (χ1n) is 11.6. The lowest BCUT2D eigenvalue weighted by molar-refractivity contribution is -0.154. The highest BCUT2D eigenvalue weighted by Gasteiger charge is 2.31. The Kier molecular flexibility index (Phi) is 10.7. The Labute approximate surface area is 208 Å². The van der Waals surface area contributed by atoms with Gasteiger partial charge >= 0.3 is 12.1 Å². The number of carboxylic acids is 1. The minimum atomic E-state index is -4.53. The first-order valence-corrected chi connectivity index (χ1v) is 11.6. The molecule has 0 fully saturated rings. The molecule has 0 aliphatic heterocycles. The zero-order chi connectivity index (χ0) is 26.9. The first-order chi connectivity index (χ1) is 16.9. The number of hydrogen-bond acceptors (Lipinski definition) is 8. The number of nitrogens with two attached hydrogens (primary N) is 1. The van der Waals surface area contributed by atoms with Crippen molar-refractivity contribution in [2.24, 2.45) is 0 Å². The monoisotopic (exact) mass is 513 g/mol. The minimum Gasteiger partial charge on any atom is -0.496 e. The van der Waals surface area contributed by atoms with Crippen LogP contribution in [0.15, 0.2) is 18.2 Å². The summed E-state index contributed by atoms with van der Waals surface area (Å²) in [5.41, 5.74) is 8.55. The van der Waals surface area contributed by atoms with Crippen molar-refractivity contribution in [1.29, 1.82) is 0 Å². The van der Waals surface area contributed by atoms with E-state index in [2.05, 4.69) is 15.3 Å². The number of nitrogens with zero attached hydrogens (tertiary/aromatic N) is 3. The molecule has 1 atom stereocenters. The fraction of sp³-hybridized carbons (Fsp3) is 0.542. The molecule has 1 heterocycles. The highest BCUT2D eigenvalue weighted by Crippen LogP contribution is 2.29. The minimum absolute atomic E-state index is 0.00873. The lowest BCUT2D eigenvalue weighted by atomic mass is 10.0. The van der Waals surface area contributed by atoms with Crippen molar-refractivity contribution in [2.75, 3.05) is 37.9 Å². The summed E-state index contributed by atoms with van der Waals surface area (Å²) < 4.78 is 44.2. The topological polar surface area (TPSA) is 134 Å². The van der Waals surface area contributed by atoms with Gasteiger partial charge in [-0.15, -0.1) is 0 Å². The Balaban J connectivity index is 2.34. The normalized spacial score (nSPS) is 12.6. The van der Waals surface area contributed by atoms with Crippen molar-refractivity contribution >= 4 is 17.7 Å². The van der Waals surface area contributed by atoms with Crippen LogP contribution in [0.3, 0.4) is 0 Å². The van der Waals surface area contributed by atoms with Gasteiger partial charge in [-0.2, -0.15) is 18.2 Å². The Morgan fingerprint density at radius 3 is 2.58 bits per heavy atom. The van der Waals surface area contributed by atoms with Crippen molar-refractivity contribution in [3.05, 3.63) is 40.6 Å². The number of aryl methyl sites for hydroxylation is 1. The van der Waals surface area contributed by atoms with Crippen molar-refractivity contribution in [1.82, 2.24) is 14.9 Å². The third-order valence-electron chi connectivity index (χ3n) is 5.57. The molecule has 1 aromatic heterocycles. The van der Waals surface area contributed by atoms with Gasteiger partial charge in [0, 0.05) is 36.9 Å². The maximum Gasteiger partial charge on any atom is 0.401 e. The molecule has 2 aromatic rings. The molecule has 12 heteroatoms. The number of nitrogens with one attached hydrogen (secondary N) is 1. The largest absolute Gasteiger partial charge is 0.496 e. The zero-order valence-electron chi connectivity index (χ0n) is 20.7. The van der Waals surface area contributed by atoms with Gasteiger partial charge in [0.15, 0.2) is 0 Å². The fourth-order valence-corrected chi connectivity index (χ4v) is 4.03. The van der Waals surface area contributed by atoms with Gasteiger partial charge in [0.1, 0.15) is 11.6 Å². The average molecular weight is 514 g/mol. The summed E-state index contributed by atoms with van der Waals surface area (Å²) in [6.45, 7) is 1.58. The molecule has 0 radical (unpaired) electrons. The number of rotatable bonds is 14. The third kappa shape index (κ3) is 9.15. The van der Waals surface area contributed by atoms with Gasteiger partial charge in [-0.05, 0) is 37.0 Å². The van der Waals surface area contributed by atoms with Crippen LogP contribution in [0.1, 0.15) is 48.6 Å². The van der Waals surface area contributed by atoms with Crippen LogP contribution in [-0.4, -0.2) is 70.1 Å². The number of hydrogen-bond donors (Lipinski definition) is 4. The van der Waals surface area contributed by atoms with E-state index in [1.54, 1.807) is 25.1 Å². The molecule has 0 aliphatic carbocycles. The van der Waals surface area contributed by atoms with Crippen molar-refractivity contribution in [3.63, 3.8) is 0 Å². The Morgan fingerprint density at radius 2 is 2.00 bits per heavy atom. The molecular weight excluding hydrogens is 479 g/mol. The second-order valence-electron chi connectivity index (χ2n) is 8.61. The van der Waals surface area contributed by atoms with E-state index < -0.39 is 25.2 Å². The van der Waals surface area contributed by atoms with Gasteiger partial charge in [-0.3, -0.25) is 9.69 Å². The van der Waals surface area contributed by atoms with E-state index in [-0.39, 0.29) is 25.1 Å². The van der Waals surface area contributed by atoms with Crippen molar-refractivity contribution in [3.8, 4) is 5.75 Å². The quantitative estimate of drug-likeness (QED) is 0.300. The molecule has 36 heavy (non-hydrogen) atoms. The van der Waals surface area contributed by atoms with E-state index in [0.717, 1.165) is 28.9 Å².